The SMILES string of the molecule is CCOC(=O)CS(=O)(=O)c1ccc([C@@H](C)N(C=O)c2cc(-n3ncc4ccccc43)nn2C)cc1. The fourth-order valence-electron chi connectivity index (χ4n) is 3.84. The van der Waals surface area contributed by atoms with Crippen LogP contribution >= 0.6 is 0 Å². The van der Waals surface area contributed by atoms with Crippen molar-refractivity contribution >= 4 is 38.9 Å². The molecule has 0 aliphatic carbocycles. The van der Waals surface area contributed by atoms with Gasteiger partial charge in [0.1, 0.15) is 5.82 Å². The van der Waals surface area contributed by atoms with Gasteiger partial charge in [0.25, 0.3) is 0 Å². The van der Waals surface area contributed by atoms with E-state index in [1.54, 1.807) is 47.7 Å². The second-order valence-electron chi connectivity index (χ2n) is 7.92. The lowest BCUT2D eigenvalue weighted by molar-refractivity contribution is -0.139. The quantitative estimate of drug-likeness (QED) is 0.259. The molecule has 1 amide bonds. The number of hydrogen-bond donors (Lipinski definition) is 0. The van der Waals surface area contributed by atoms with E-state index in [0.29, 0.717) is 23.6 Å². The number of benzene rings is 2. The first kappa shape index (κ1) is 24.1. The molecule has 2 aromatic carbocycles. The zero-order chi connectivity index (χ0) is 25.2. The molecule has 0 aliphatic heterocycles. The van der Waals surface area contributed by atoms with E-state index in [-0.39, 0.29) is 11.5 Å². The minimum Gasteiger partial charge on any atom is -0.465 e. The summed E-state index contributed by atoms with van der Waals surface area (Å²) in [5.74, 6) is -0.422. The van der Waals surface area contributed by atoms with Crippen LogP contribution in [0.15, 0.2) is 65.7 Å². The number of rotatable bonds is 9. The second kappa shape index (κ2) is 9.71. The van der Waals surface area contributed by atoms with Gasteiger partial charge in [0.05, 0.1) is 29.3 Å². The summed E-state index contributed by atoms with van der Waals surface area (Å²) in [6.45, 7) is 3.55. The number of carbonyl (C=O) groups is 2. The van der Waals surface area contributed by atoms with Gasteiger partial charge < -0.3 is 4.74 Å². The number of hydrogen-bond acceptors (Lipinski definition) is 7. The summed E-state index contributed by atoms with van der Waals surface area (Å²) in [6.07, 6.45) is 2.46. The standard InChI is InChI=1S/C24H25N5O5S/c1-4-34-24(31)15-35(32,33)20-11-9-18(10-12-20)17(2)28(16-30)23-13-22(26-27(23)3)29-21-8-6-5-7-19(21)14-25-29/h5-14,16-17H,4,15H2,1-3H3/t17-/m1/s1. The fraction of sp³-hybridized carbons (Fsp3) is 0.250. The third-order valence-electron chi connectivity index (χ3n) is 5.67. The number of aryl methyl sites for hydroxylation is 1. The molecule has 0 N–H and O–H groups in total. The molecule has 0 saturated carbocycles. The molecule has 0 radical (unpaired) electrons. The number of nitrogens with zero attached hydrogens (tertiary/aromatic N) is 5. The Morgan fingerprint density at radius 2 is 1.89 bits per heavy atom. The Bertz CT molecular complexity index is 1470. The van der Waals surface area contributed by atoms with Crippen LogP contribution in [0.1, 0.15) is 25.5 Å². The van der Waals surface area contributed by atoms with Crippen LogP contribution in [0.2, 0.25) is 0 Å². The van der Waals surface area contributed by atoms with E-state index < -0.39 is 27.6 Å². The molecule has 0 fully saturated rings. The molecule has 0 bridgehead atoms. The van der Waals surface area contributed by atoms with Crippen molar-refractivity contribution in [2.75, 3.05) is 17.3 Å². The Labute approximate surface area is 202 Å². The molecule has 0 unspecified atom stereocenters. The highest BCUT2D eigenvalue weighted by molar-refractivity contribution is 7.92. The zero-order valence-electron chi connectivity index (χ0n) is 19.5. The summed E-state index contributed by atoms with van der Waals surface area (Å²) in [4.78, 5) is 25.2. The number of fused-ring (bicyclic) bond motifs is 1. The van der Waals surface area contributed by atoms with E-state index >= 15 is 0 Å². The molecule has 0 aliphatic rings. The van der Waals surface area contributed by atoms with Crippen molar-refractivity contribution in [3.8, 4) is 5.82 Å². The molecule has 10 nitrogen and oxygen atoms in total. The normalized spacial score (nSPS) is 12.4. The van der Waals surface area contributed by atoms with Crippen molar-refractivity contribution in [1.29, 1.82) is 0 Å². The molecule has 0 spiro atoms. The monoisotopic (exact) mass is 495 g/mol. The first-order valence-electron chi connectivity index (χ1n) is 10.9. The third kappa shape index (κ3) is 4.80. The van der Waals surface area contributed by atoms with Crippen LogP contribution < -0.4 is 4.90 Å². The molecular weight excluding hydrogens is 470 g/mol. The molecule has 11 heteroatoms. The smallest absolute Gasteiger partial charge is 0.321 e. The number of ether oxygens (including phenoxy) is 1. The number of aromatic nitrogens is 4. The lowest BCUT2D eigenvalue weighted by Gasteiger charge is -2.25. The van der Waals surface area contributed by atoms with Crippen molar-refractivity contribution in [3.63, 3.8) is 0 Å². The molecule has 182 valence electrons. The number of sulfone groups is 1. The second-order valence-corrected chi connectivity index (χ2v) is 9.91. The van der Waals surface area contributed by atoms with Crippen molar-refractivity contribution in [2.45, 2.75) is 24.8 Å². The maximum Gasteiger partial charge on any atom is 0.321 e. The highest BCUT2D eigenvalue weighted by Crippen LogP contribution is 2.28. The predicted molar refractivity (Wildman–Crippen MR) is 130 cm³/mol. The van der Waals surface area contributed by atoms with Crippen LogP contribution in [0.5, 0.6) is 0 Å². The maximum absolute atomic E-state index is 12.5. The summed E-state index contributed by atoms with van der Waals surface area (Å²) in [5.41, 5.74) is 1.60. The Morgan fingerprint density at radius 3 is 2.57 bits per heavy atom. The highest BCUT2D eigenvalue weighted by atomic mass is 32.2. The van der Waals surface area contributed by atoms with Gasteiger partial charge in [-0.1, -0.05) is 30.3 Å². The van der Waals surface area contributed by atoms with Crippen molar-refractivity contribution in [2.24, 2.45) is 7.05 Å². The topological polar surface area (TPSA) is 116 Å². The lowest BCUT2D eigenvalue weighted by atomic mass is 10.1. The minimum atomic E-state index is -3.83. The van der Waals surface area contributed by atoms with Gasteiger partial charge >= 0.3 is 5.97 Å². The van der Waals surface area contributed by atoms with Crippen molar-refractivity contribution in [1.82, 2.24) is 19.6 Å². The van der Waals surface area contributed by atoms with Gasteiger partial charge in [-0.15, -0.1) is 0 Å². The van der Waals surface area contributed by atoms with E-state index in [0.717, 1.165) is 10.9 Å². The third-order valence-corrected chi connectivity index (χ3v) is 7.27. The molecule has 4 aromatic rings. The summed E-state index contributed by atoms with van der Waals surface area (Å²) in [7, 11) is -2.10. The van der Waals surface area contributed by atoms with Crippen molar-refractivity contribution in [3.05, 3.63) is 66.4 Å². The Hall–Kier alpha value is -3.99. The molecule has 0 saturated heterocycles. The van der Waals surface area contributed by atoms with Gasteiger partial charge in [-0.25, -0.2) is 13.1 Å². The van der Waals surface area contributed by atoms with Gasteiger partial charge in [0.15, 0.2) is 21.4 Å². The number of esters is 1. The summed E-state index contributed by atoms with van der Waals surface area (Å²) >= 11 is 0. The van der Waals surface area contributed by atoms with Crippen LogP contribution in [0.25, 0.3) is 16.7 Å². The van der Waals surface area contributed by atoms with Gasteiger partial charge in [-0.3, -0.25) is 19.2 Å². The summed E-state index contributed by atoms with van der Waals surface area (Å²) in [6, 6.07) is 15.2. The van der Waals surface area contributed by atoms with E-state index in [4.69, 9.17) is 4.74 Å². The number of para-hydroxylation sites is 1. The van der Waals surface area contributed by atoms with E-state index in [2.05, 4.69) is 10.2 Å². The summed E-state index contributed by atoms with van der Waals surface area (Å²) < 4.78 is 33.0. The van der Waals surface area contributed by atoms with E-state index in [1.807, 2.05) is 31.2 Å². The lowest BCUT2D eigenvalue weighted by Crippen LogP contribution is -2.27. The van der Waals surface area contributed by atoms with Crippen LogP contribution in [-0.2, 0) is 31.2 Å². The molecule has 1 atom stereocenters. The van der Waals surface area contributed by atoms with Gasteiger partial charge in [-0.05, 0) is 37.6 Å². The van der Waals surface area contributed by atoms with Gasteiger partial charge in [0, 0.05) is 18.5 Å². The summed E-state index contributed by atoms with van der Waals surface area (Å²) in [5, 5.41) is 9.92. The van der Waals surface area contributed by atoms with Crippen LogP contribution in [0.3, 0.4) is 0 Å². The van der Waals surface area contributed by atoms with Crippen LogP contribution in [-0.4, -0.2) is 52.7 Å². The average molecular weight is 496 g/mol. The molecule has 35 heavy (non-hydrogen) atoms. The molecule has 2 heterocycles. The van der Waals surface area contributed by atoms with Crippen LogP contribution in [0.4, 0.5) is 5.82 Å². The van der Waals surface area contributed by atoms with Gasteiger partial charge in [0.2, 0.25) is 6.41 Å². The first-order valence-corrected chi connectivity index (χ1v) is 12.6. The Balaban J connectivity index is 1.59. The minimum absolute atomic E-state index is 0.00698. The van der Waals surface area contributed by atoms with Crippen molar-refractivity contribution < 1.29 is 22.7 Å². The number of carbonyl (C=O) groups excluding carboxylic acids is 2. The predicted octanol–water partition coefficient (Wildman–Crippen LogP) is 2.82. The fourth-order valence-corrected chi connectivity index (χ4v) is 4.95. The van der Waals surface area contributed by atoms with E-state index in [9.17, 15) is 18.0 Å². The largest absolute Gasteiger partial charge is 0.465 e. The average Bonchev–Trinajstić information content (AvgIpc) is 3.43. The van der Waals surface area contributed by atoms with E-state index in [1.165, 1.54) is 17.0 Å². The Kier molecular flexibility index (Phi) is 6.70. The highest BCUT2D eigenvalue weighted by Gasteiger charge is 2.23. The number of anilines is 1. The number of amides is 1. The maximum atomic E-state index is 12.5. The Morgan fingerprint density at radius 1 is 1.17 bits per heavy atom. The van der Waals surface area contributed by atoms with Gasteiger partial charge in [-0.2, -0.15) is 10.2 Å². The molecular formula is C24H25N5O5S. The molecule has 4 rings (SSSR count). The zero-order valence-corrected chi connectivity index (χ0v) is 20.3. The van der Waals surface area contributed by atoms with Crippen LogP contribution in [0, 0.1) is 0 Å². The molecule has 2 aromatic heterocycles. The first-order chi connectivity index (χ1) is 16.7.